The smallest absolute Gasteiger partial charge is 0.136 e. The standard InChI is InChI=1S/C36H20N2O/c1-2-10-22(21(9-1)24-14-8-18-32-33(24)27-12-4-6-17-31(27)39-32)25-13-7-16-29-34(25)35-30(37-29)20-19-26-23-11-3-5-15-28(23)38-36(26)35/h1-20H. The average molecular weight is 497 g/mol. The monoisotopic (exact) mass is 496 g/mol. The summed E-state index contributed by atoms with van der Waals surface area (Å²) in [4.78, 5) is 10.1. The molecule has 0 saturated carbocycles. The number of hydrogen-bond acceptors (Lipinski definition) is 3. The molecule has 0 radical (unpaired) electrons. The van der Waals surface area contributed by atoms with Crippen molar-refractivity contribution in [3.8, 4) is 33.4 Å². The summed E-state index contributed by atoms with van der Waals surface area (Å²) in [7, 11) is 0. The van der Waals surface area contributed by atoms with Gasteiger partial charge in [-0.25, -0.2) is 9.98 Å². The van der Waals surface area contributed by atoms with Crippen LogP contribution in [0.1, 0.15) is 0 Å². The quantitative estimate of drug-likeness (QED) is 0.237. The van der Waals surface area contributed by atoms with E-state index >= 15 is 0 Å². The van der Waals surface area contributed by atoms with Gasteiger partial charge in [-0.3, -0.25) is 0 Å². The number of benzene rings is 6. The van der Waals surface area contributed by atoms with E-state index in [1.165, 1.54) is 21.6 Å². The topological polar surface area (TPSA) is 37.9 Å². The van der Waals surface area contributed by atoms with Gasteiger partial charge in [0.15, 0.2) is 0 Å². The molecule has 3 heterocycles. The minimum absolute atomic E-state index is 0.900. The van der Waals surface area contributed by atoms with E-state index in [2.05, 4.69) is 109 Å². The molecule has 0 unspecified atom stereocenters. The maximum absolute atomic E-state index is 6.23. The summed E-state index contributed by atoms with van der Waals surface area (Å²) in [5.74, 6) is 0. The van der Waals surface area contributed by atoms with Crippen LogP contribution in [-0.4, -0.2) is 0 Å². The van der Waals surface area contributed by atoms with Crippen molar-refractivity contribution in [3.63, 3.8) is 0 Å². The third kappa shape index (κ3) is 2.82. The summed E-state index contributed by atoms with van der Waals surface area (Å²) in [5, 5.41) is 6.62. The SMILES string of the molecule is c1ccc(-c2cccc3oc4ccccc4c23)c(-c2cccc3c2-c2c4c(ccc2=N3)=c2ccccc2=N4)c1. The lowest BCUT2D eigenvalue weighted by Gasteiger charge is -2.15. The molecule has 6 aromatic carbocycles. The molecule has 3 nitrogen and oxygen atoms in total. The molecule has 9 rings (SSSR count). The normalized spacial score (nSPS) is 12.5. The molecular weight excluding hydrogens is 476 g/mol. The number of rotatable bonds is 2. The number of nitrogens with zero attached hydrogens (tertiary/aromatic N) is 2. The summed E-state index contributed by atoms with van der Waals surface area (Å²) in [5.41, 5.74) is 10.7. The van der Waals surface area contributed by atoms with Crippen LogP contribution in [0.15, 0.2) is 136 Å². The third-order valence-corrected chi connectivity index (χ3v) is 8.03. The summed E-state index contributed by atoms with van der Waals surface area (Å²) < 4.78 is 6.23. The van der Waals surface area contributed by atoms with Crippen LogP contribution < -0.4 is 10.7 Å². The van der Waals surface area contributed by atoms with Crippen molar-refractivity contribution < 1.29 is 4.42 Å². The molecule has 0 N–H and O–H groups in total. The van der Waals surface area contributed by atoms with Gasteiger partial charge in [0.2, 0.25) is 0 Å². The Morgan fingerprint density at radius 2 is 1.15 bits per heavy atom. The van der Waals surface area contributed by atoms with Crippen LogP contribution in [0.25, 0.3) is 55.3 Å². The molecule has 0 bridgehead atoms. The number of fused-ring (bicyclic) bond motifs is 9. The fourth-order valence-corrected chi connectivity index (χ4v) is 6.38. The molecule has 0 fully saturated rings. The number of para-hydroxylation sites is 2. The van der Waals surface area contributed by atoms with Gasteiger partial charge in [0.05, 0.1) is 22.1 Å². The molecule has 0 atom stereocenters. The van der Waals surface area contributed by atoms with Gasteiger partial charge in [0.25, 0.3) is 0 Å². The van der Waals surface area contributed by atoms with E-state index in [0.717, 1.165) is 66.3 Å². The Hall–Kier alpha value is -5.28. The van der Waals surface area contributed by atoms with Gasteiger partial charge < -0.3 is 4.42 Å². The van der Waals surface area contributed by atoms with Crippen molar-refractivity contribution in [1.29, 1.82) is 0 Å². The van der Waals surface area contributed by atoms with Gasteiger partial charge in [-0.05, 0) is 58.7 Å². The van der Waals surface area contributed by atoms with Crippen LogP contribution in [0.5, 0.6) is 0 Å². The van der Waals surface area contributed by atoms with Crippen LogP contribution in [0.2, 0.25) is 0 Å². The first-order valence-corrected chi connectivity index (χ1v) is 13.2. The third-order valence-electron chi connectivity index (χ3n) is 8.03. The lowest BCUT2D eigenvalue weighted by Crippen LogP contribution is -2.01. The van der Waals surface area contributed by atoms with E-state index in [-0.39, 0.29) is 0 Å². The van der Waals surface area contributed by atoms with Gasteiger partial charge >= 0.3 is 0 Å². The average Bonchev–Trinajstić information content (AvgIpc) is 3.67. The highest BCUT2D eigenvalue weighted by Gasteiger charge is 2.25. The molecule has 3 heteroatoms. The van der Waals surface area contributed by atoms with Crippen LogP contribution in [0.3, 0.4) is 0 Å². The maximum Gasteiger partial charge on any atom is 0.136 e. The Balaban J connectivity index is 1.35. The van der Waals surface area contributed by atoms with Crippen LogP contribution in [0.4, 0.5) is 11.4 Å². The van der Waals surface area contributed by atoms with Crippen molar-refractivity contribution in [2.75, 3.05) is 0 Å². The predicted octanol–water partition coefficient (Wildman–Crippen LogP) is 8.40. The summed E-state index contributed by atoms with van der Waals surface area (Å²) >= 11 is 0. The summed E-state index contributed by atoms with van der Waals surface area (Å²) in [6, 6.07) is 42.4. The fraction of sp³-hybridized carbons (Fsp3) is 0. The lowest BCUT2D eigenvalue weighted by atomic mass is 9.87. The van der Waals surface area contributed by atoms with Crippen molar-refractivity contribution in [2.45, 2.75) is 0 Å². The second kappa shape index (κ2) is 7.62. The first kappa shape index (κ1) is 20.7. The molecule has 0 spiro atoms. The maximum atomic E-state index is 6.23. The summed E-state index contributed by atoms with van der Waals surface area (Å²) in [6.45, 7) is 0. The minimum Gasteiger partial charge on any atom is -0.456 e. The van der Waals surface area contributed by atoms with Crippen LogP contribution in [-0.2, 0) is 0 Å². The fourth-order valence-electron chi connectivity index (χ4n) is 6.38. The van der Waals surface area contributed by atoms with Gasteiger partial charge in [-0.1, -0.05) is 84.9 Å². The number of hydrogen-bond donors (Lipinski definition) is 0. The molecular formula is C36H20N2O. The molecule has 1 aromatic heterocycles. The Morgan fingerprint density at radius 3 is 2.10 bits per heavy atom. The van der Waals surface area contributed by atoms with E-state index in [1.807, 2.05) is 12.1 Å². The molecule has 2 aliphatic heterocycles. The van der Waals surface area contributed by atoms with Gasteiger partial charge in [0, 0.05) is 32.3 Å². The minimum atomic E-state index is 0.900. The zero-order valence-corrected chi connectivity index (χ0v) is 20.8. The Bertz CT molecular complexity index is 2400. The van der Waals surface area contributed by atoms with Crippen molar-refractivity contribution in [3.05, 3.63) is 142 Å². The highest BCUT2D eigenvalue weighted by atomic mass is 16.3. The molecule has 180 valence electrons. The first-order valence-electron chi connectivity index (χ1n) is 13.2. The van der Waals surface area contributed by atoms with Crippen LogP contribution >= 0.6 is 0 Å². The van der Waals surface area contributed by atoms with Crippen LogP contribution in [0, 0.1) is 10.4 Å². The van der Waals surface area contributed by atoms with Crippen molar-refractivity contribution >= 4 is 33.3 Å². The zero-order chi connectivity index (χ0) is 25.5. The zero-order valence-electron chi connectivity index (χ0n) is 20.8. The van der Waals surface area contributed by atoms with Crippen molar-refractivity contribution in [2.24, 2.45) is 9.98 Å². The van der Waals surface area contributed by atoms with E-state index in [4.69, 9.17) is 14.4 Å². The highest BCUT2D eigenvalue weighted by molar-refractivity contribution is 6.14. The molecule has 2 aliphatic rings. The lowest BCUT2D eigenvalue weighted by molar-refractivity contribution is 0.669. The van der Waals surface area contributed by atoms with Crippen molar-refractivity contribution in [1.82, 2.24) is 0 Å². The molecule has 7 aromatic rings. The second-order valence-corrected chi connectivity index (χ2v) is 10.1. The Morgan fingerprint density at radius 1 is 0.436 bits per heavy atom. The van der Waals surface area contributed by atoms with Gasteiger partial charge in [-0.15, -0.1) is 0 Å². The Labute approximate surface area is 223 Å². The second-order valence-electron chi connectivity index (χ2n) is 10.1. The summed E-state index contributed by atoms with van der Waals surface area (Å²) in [6.07, 6.45) is 0. The Kier molecular flexibility index (Phi) is 4.05. The molecule has 39 heavy (non-hydrogen) atoms. The number of furan rings is 1. The van der Waals surface area contributed by atoms with E-state index < -0.39 is 0 Å². The molecule has 0 saturated heterocycles. The molecule has 0 aliphatic carbocycles. The predicted molar refractivity (Wildman–Crippen MR) is 156 cm³/mol. The van der Waals surface area contributed by atoms with E-state index in [0.29, 0.717) is 0 Å². The van der Waals surface area contributed by atoms with E-state index in [9.17, 15) is 0 Å². The van der Waals surface area contributed by atoms with E-state index in [1.54, 1.807) is 0 Å². The first-order chi connectivity index (χ1) is 19.3. The highest BCUT2D eigenvalue weighted by Crippen LogP contribution is 2.48. The largest absolute Gasteiger partial charge is 0.456 e. The van der Waals surface area contributed by atoms with Gasteiger partial charge in [-0.2, -0.15) is 0 Å². The van der Waals surface area contributed by atoms with Gasteiger partial charge in [0.1, 0.15) is 11.2 Å². The molecule has 0 amide bonds.